The van der Waals surface area contributed by atoms with Crippen LogP contribution in [0.15, 0.2) is 18.5 Å². The minimum atomic E-state index is -0.365. The molecule has 2 aromatic rings. The summed E-state index contributed by atoms with van der Waals surface area (Å²) in [5, 5.41) is 11.3. The Kier molecular flexibility index (Phi) is 2.14. The number of fused-ring (bicyclic) bond motifs is 1. The van der Waals surface area contributed by atoms with E-state index in [9.17, 15) is 4.39 Å². The summed E-state index contributed by atoms with van der Waals surface area (Å²) in [6.07, 6.45) is 2.75. The molecule has 16 heavy (non-hydrogen) atoms. The molecular formula is C10H10FN5. The molecule has 2 aromatic heterocycles. The summed E-state index contributed by atoms with van der Waals surface area (Å²) in [6, 6.07) is 1.62. The van der Waals surface area contributed by atoms with Crippen molar-refractivity contribution in [3.05, 3.63) is 30.1 Å². The number of hydrogen-bond donors (Lipinski definition) is 1. The van der Waals surface area contributed by atoms with Gasteiger partial charge in [0.25, 0.3) is 0 Å². The summed E-state index contributed by atoms with van der Waals surface area (Å²) >= 11 is 0. The first-order valence-corrected chi connectivity index (χ1v) is 5.09. The molecule has 0 amide bonds. The molecule has 6 heteroatoms. The van der Waals surface area contributed by atoms with Crippen LogP contribution in [0.2, 0.25) is 0 Å². The molecule has 0 aromatic carbocycles. The van der Waals surface area contributed by atoms with E-state index in [-0.39, 0.29) is 5.82 Å². The van der Waals surface area contributed by atoms with E-state index in [1.165, 1.54) is 6.20 Å². The second-order valence-electron chi connectivity index (χ2n) is 3.62. The maximum atomic E-state index is 13.6. The Morgan fingerprint density at radius 3 is 3.19 bits per heavy atom. The van der Waals surface area contributed by atoms with Gasteiger partial charge in [-0.3, -0.25) is 4.98 Å². The van der Waals surface area contributed by atoms with E-state index < -0.39 is 0 Å². The van der Waals surface area contributed by atoms with Crippen molar-refractivity contribution in [3.8, 4) is 11.4 Å². The van der Waals surface area contributed by atoms with Gasteiger partial charge in [0.1, 0.15) is 5.82 Å². The van der Waals surface area contributed by atoms with E-state index >= 15 is 0 Å². The molecule has 0 saturated carbocycles. The zero-order valence-corrected chi connectivity index (χ0v) is 8.52. The van der Waals surface area contributed by atoms with Gasteiger partial charge in [0, 0.05) is 19.3 Å². The van der Waals surface area contributed by atoms with Crippen LogP contribution in [0.5, 0.6) is 0 Å². The maximum absolute atomic E-state index is 13.6. The average molecular weight is 219 g/mol. The predicted molar refractivity (Wildman–Crippen MR) is 54.9 cm³/mol. The molecule has 5 nitrogen and oxygen atoms in total. The van der Waals surface area contributed by atoms with Gasteiger partial charge in [0.05, 0.1) is 18.3 Å². The molecule has 0 saturated heterocycles. The Hall–Kier alpha value is -1.82. The Bertz CT molecular complexity index is 522. The normalized spacial score (nSPS) is 14.8. The van der Waals surface area contributed by atoms with E-state index in [4.69, 9.17) is 0 Å². The molecule has 3 heterocycles. The summed E-state index contributed by atoms with van der Waals surface area (Å²) in [5.41, 5.74) is 0.454. The van der Waals surface area contributed by atoms with Crippen LogP contribution < -0.4 is 5.32 Å². The van der Waals surface area contributed by atoms with E-state index in [2.05, 4.69) is 20.5 Å². The number of rotatable bonds is 1. The highest BCUT2D eigenvalue weighted by Gasteiger charge is 2.18. The van der Waals surface area contributed by atoms with Gasteiger partial charge in [-0.2, -0.15) is 0 Å². The summed E-state index contributed by atoms with van der Waals surface area (Å²) in [7, 11) is 0. The first kappa shape index (κ1) is 9.41. The topological polar surface area (TPSA) is 55.6 Å². The molecule has 1 aliphatic rings. The van der Waals surface area contributed by atoms with Gasteiger partial charge >= 0.3 is 0 Å². The number of nitrogens with one attached hydrogen (secondary N) is 1. The average Bonchev–Trinajstić information content (AvgIpc) is 2.74. The molecule has 0 fully saturated rings. The standard InChI is InChI=1S/C10H10FN5/c11-8-5-12-2-1-7(8)10-15-14-9-6-13-3-4-16(9)10/h1-2,5,13H,3-4,6H2. The predicted octanol–water partition coefficient (Wildman–Crippen LogP) is 0.582. The Morgan fingerprint density at radius 1 is 1.38 bits per heavy atom. The summed E-state index contributed by atoms with van der Waals surface area (Å²) < 4.78 is 15.5. The highest BCUT2D eigenvalue weighted by Crippen LogP contribution is 2.21. The third-order valence-electron chi connectivity index (χ3n) is 2.64. The molecule has 1 N–H and O–H groups in total. The van der Waals surface area contributed by atoms with Gasteiger partial charge in [-0.25, -0.2) is 4.39 Å². The van der Waals surface area contributed by atoms with E-state index in [1.54, 1.807) is 12.3 Å². The van der Waals surface area contributed by atoms with Crippen molar-refractivity contribution < 1.29 is 4.39 Å². The van der Waals surface area contributed by atoms with Gasteiger partial charge < -0.3 is 9.88 Å². The van der Waals surface area contributed by atoms with Crippen molar-refractivity contribution in [2.75, 3.05) is 6.54 Å². The van der Waals surface area contributed by atoms with Crippen molar-refractivity contribution in [2.24, 2.45) is 0 Å². The van der Waals surface area contributed by atoms with Gasteiger partial charge in [-0.15, -0.1) is 10.2 Å². The lowest BCUT2D eigenvalue weighted by Gasteiger charge is -2.15. The molecule has 0 unspecified atom stereocenters. The van der Waals surface area contributed by atoms with Crippen LogP contribution in [0.1, 0.15) is 5.82 Å². The number of hydrogen-bond acceptors (Lipinski definition) is 4. The van der Waals surface area contributed by atoms with Crippen molar-refractivity contribution in [1.29, 1.82) is 0 Å². The third kappa shape index (κ3) is 1.38. The highest BCUT2D eigenvalue weighted by molar-refractivity contribution is 5.55. The van der Waals surface area contributed by atoms with Gasteiger partial charge in [-0.1, -0.05) is 0 Å². The minimum absolute atomic E-state index is 0.365. The van der Waals surface area contributed by atoms with Crippen LogP contribution in [-0.2, 0) is 13.1 Å². The van der Waals surface area contributed by atoms with Gasteiger partial charge in [0.15, 0.2) is 11.6 Å². The zero-order valence-electron chi connectivity index (χ0n) is 8.52. The fourth-order valence-electron chi connectivity index (χ4n) is 1.85. The molecule has 0 bridgehead atoms. The smallest absolute Gasteiger partial charge is 0.167 e. The number of aromatic nitrogens is 4. The number of halogens is 1. The first-order valence-electron chi connectivity index (χ1n) is 5.09. The second-order valence-corrected chi connectivity index (χ2v) is 3.62. The van der Waals surface area contributed by atoms with Crippen molar-refractivity contribution in [1.82, 2.24) is 25.1 Å². The zero-order chi connectivity index (χ0) is 11.0. The van der Waals surface area contributed by atoms with E-state index in [1.807, 2.05) is 4.57 Å². The van der Waals surface area contributed by atoms with E-state index in [0.717, 1.165) is 18.9 Å². The lowest BCUT2D eigenvalue weighted by Crippen LogP contribution is -2.28. The van der Waals surface area contributed by atoms with Crippen LogP contribution in [0.4, 0.5) is 4.39 Å². The fourth-order valence-corrected chi connectivity index (χ4v) is 1.85. The lowest BCUT2D eigenvalue weighted by molar-refractivity contribution is 0.507. The quantitative estimate of drug-likeness (QED) is 0.762. The molecule has 0 atom stereocenters. The molecule has 0 radical (unpaired) electrons. The summed E-state index contributed by atoms with van der Waals surface area (Å²) in [6.45, 7) is 2.30. The SMILES string of the molecule is Fc1cnccc1-c1nnc2n1CCNC2. The minimum Gasteiger partial charge on any atom is -0.309 e. The van der Waals surface area contributed by atoms with Crippen molar-refractivity contribution in [2.45, 2.75) is 13.1 Å². The second kappa shape index (κ2) is 3.64. The van der Waals surface area contributed by atoms with Crippen LogP contribution in [0.3, 0.4) is 0 Å². The molecular weight excluding hydrogens is 209 g/mol. The Balaban J connectivity index is 2.13. The van der Waals surface area contributed by atoms with Crippen LogP contribution >= 0.6 is 0 Å². The largest absolute Gasteiger partial charge is 0.309 e. The third-order valence-corrected chi connectivity index (χ3v) is 2.64. The fraction of sp³-hybridized carbons (Fsp3) is 0.300. The molecule has 82 valence electrons. The maximum Gasteiger partial charge on any atom is 0.167 e. The van der Waals surface area contributed by atoms with Crippen molar-refractivity contribution in [3.63, 3.8) is 0 Å². The molecule has 1 aliphatic heterocycles. The van der Waals surface area contributed by atoms with Gasteiger partial charge in [0.2, 0.25) is 0 Å². The summed E-state index contributed by atoms with van der Waals surface area (Å²) in [4.78, 5) is 3.72. The monoisotopic (exact) mass is 219 g/mol. The number of pyridine rings is 1. The Labute approximate surface area is 91.3 Å². The first-order chi connectivity index (χ1) is 7.86. The highest BCUT2D eigenvalue weighted by atomic mass is 19.1. The van der Waals surface area contributed by atoms with Crippen LogP contribution in [-0.4, -0.2) is 26.3 Å². The van der Waals surface area contributed by atoms with E-state index in [0.29, 0.717) is 17.9 Å². The van der Waals surface area contributed by atoms with Crippen LogP contribution in [0.25, 0.3) is 11.4 Å². The summed E-state index contributed by atoms with van der Waals surface area (Å²) in [5.74, 6) is 1.06. The molecule has 0 spiro atoms. The van der Waals surface area contributed by atoms with Crippen molar-refractivity contribution >= 4 is 0 Å². The number of nitrogens with zero attached hydrogens (tertiary/aromatic N) is 4. The Morgan fingerprint density at radius 2 is 2.31 bits per heavy atom. The van der Waals surface area contributed by atoms with Gasteiger partial charge in [-0.05, 0) is 6.07 Å². The van der Waals surface area contributed by atoms with Crippen LogP contribution in [0, 0.1) is 5.82 Å². The lowest BCUT2D eigenvalue weighted by atomic mass is 10.2. The molecule has 3 rings (SSSR count). The molecule has 0 aliphatic carbocycles.